The molecule has 0 amide bonds. The maximum absolute atomic E-state index is 11.8. The topological polar surface area (TPSA) is 21.3 Å². The van der Waals surface area contributed by atoms with Crippen LogP contribution in [0.5, 0.6) is 0 Å². The highest BCUT2D eigenvalue weighted by molar-refractivity contribution is 4.58. The number of hydrogen-bond donors (Lipinski definition) is 1. The van der Waals surface area contributed by atoms with Gasteiger partial charge in [-0.1, -0.05) is 6.92 Å². The maximum atomic E-state index is 11.8. The molecule has 2 nitrogen and oxygen atoms in total. The fourth-order valence-electron chi connectivity index (χ4n) is 1.42. The molecule has 0 aliphatic heterocycles. The molecule has 0 aromatic heterocycles. The van der Waals surface area contributed by atoms with Crippen molar-refractivity contribution in [3.8, 4) is 0 Å². The highest BCUT2D eigenvalue weighted by Gasteiger charge is 2.25. The molecule has 0 rings (SSSR count). The summed E-state index contributed by atoms with van der Waals surface area (Å²) >= 11 is 0. The summed E-state index contributed by atoms with van der Waals surface area (Å²) < 4.78 is 40.4. The van der Waals surface area contributed by atoms with Gasteiger partial charge < -0.3 is 10.1 Å². The number of hydrogen-bond acceptors (Lipinski definition) is 2. The number of halogens is 3. The predicted molar refractivity (Wildman–Crippen MR) is 58.5 cm³/mol. The lowest BCUT2D eigenvalue weighted by molar-refractivity contribution is -0.137. The highest BCUT2D eigenvalue weighted by atomic mass is 19.4. The van der Waals surface area contributed by atoms with E-state index < -0.39 is 12.6 Å². The molecule has 0 radical (unpaired) electrons. The number of rotatable bonds is 9. The molecule has 5 heteroatoms. The van der Waals surface area contributed by atoms with E-state index in [-0.39, 0.29) is 13.0 Å². The molecule has 0 heterocycles. The molecule has 0 fully saturated rings. The van der Waals surface area contributed by atoms with Gasteiger partial charge in [0.05, 0.1) is 0 Å². The van der Waals surface area contributed by atoms with Crippen molar-refractivity contribution in [3.05, 3.63) is 0 Å². The van der Waals surface area contributed by atoms with Crippen molar-refractivity contribution in [2.24, 2.45) is 0 Å². The molecule has 0 spiro atoms. The van der Waals surface area contributed by atoms with Crippen LogP contribution in [0, 0.1) is 0 Å². The van der Waals surface area contributed by atoms with E-state index in [1.807, 2.05) is 6.92 Å². The Morgan fingerprint density at radius 2 is 1.81 bits per heavy atom. The van der Waals surface area contributed by atoms with E-state index in [1.165, 1.54) is 0 Å². The van der Waals surface area contributed by atoms with Crippen molar-refractivity contribution in [1.29, 1.82) is 0 Å². The number of ether oxygens (including phenoxy) is 1. The van der Waals surface area contributed by atoms with Gasteiger partial charge in [-0.25, -0.2) is 0 Å². The Balaban J connectivity index is 3.16. The van der Waals surface area contributed by atoms with Crippen LogP contribution in [0.15, 0.2) is 0 Å². The van der Waals surface area contributed by atoms with E-state index in [4.69, 9.17) is 4.74 Å². The fraction of sp³-hybridized carbons (Fsp3) is 1.00. The first-order valence-corrected chi connectivity index (χ1v) is 5.83. The second kappa shape index (κ2) is 8.82. The van der Waals surface area contributed by atoms with E-state index in [9.17, 15) is 13.2 Å². The Hall–Kier alpha value is -0.290. The molecular formula is C11H22F3NO. The van der Waals surface area contributed by atoms with Gasteiger partial charge in [0, 0.05) is 25.7 Å². The van der Waals surface area contributed by atoms with Gasteiger partial charge in [-0.05, 0) is 32.7 Å². The van der Waals surface area contributed by atoms with Gasteiger partial charge in [0.15, 0.2) is 0 Å². The first kappa shape index (κ1) is 15.7. The van der Waals surface area contributed by atoms with Crippen LogP contribution in [0.1, 0.15) is 39.5 Å². The predicted octanol–water partition coefficient (Wildman–Crippen LogP) is 3.12. The molecule has 0 bridgehead atoms. The molecule has 0 saturated carbocycles. The minimum atomic E-state index is -4.05. The summed E-state index contributed by atoms with van der Waals surface area (Å²) in [6.07, 6.45) is -2.86. The van der Waals surface area contributed by atoms with Crippen LogP contribution in [-0.2, 0) is 4.74 Å². The normalized spacial score (nSPS) is 14.1. The third-order valence-corrected chi connectivity index (χ3v) is 2.23. The molecule has 98 valence electrons. The molecule has 0 saturated heterocycles. The van der Waals surface area contributed by atoms with Crippen LogP contribution in [0.25, 0.3) is 0 Å². The van der Waals surface area contributed by atoms with Gasteiger partial charge >= 0.3 is 6.18 Å². The molecule has 1 N–H and O–H groups in total. The van der Waals surface area contributed by atoms with Crippen molar-refractivity contribution in [2.45, 2.75) is 51.7 Å². The van der Waals surface area contributed by atoms with Gasteiger partial charge in [-0.2, -0.15) is 13.2 Å². The summed E-state index contributed by atoms with van der Waals surface area (Å²) in [5.41, 5.74) is 0. The lowest BCUT2D eigenvalue weighted by Gasteiger charge is -2.12. The Morgan fingerprint density at radius 1 is 1.19 bits per heavy atom. The summed E-state index contributed by atoms with van der Waals surface area (Å²) in [4.78, 5) is 0. The van der Waals surface area contributed by atoms with Crippen molar-refractivity contribution in [3.63, 3.8) is 0 Å². The minimum Gasteiger partial charge on any atom is -0.381 e. The third kappa shape index (κ3) is 11.8. The molecule has 16 heavy (non-hydrogen) atoms. The van der Waals surface area contributed by atoms with Crippen LogP contribution < -0.4 is 5.32 Å². The van der Waals surface area contributed by atoms with E-state index in [2.05, 4.69) is 12.2 Å². The van der Waals surface area contributed by atoms with Gasteiger partial charge in [0.2, 0.25) is 0 Å². The second-order valence-corrected chi connectivity index (χ2v) is 3.93. The fourth-order valence-corrected chi connectivity index (χ4v) is 1.42. The highest BCUT2D eigenvalue weighted by Crippen LogP contribution is 2.20. The van der Waals surface area contributed by atoms with Crippen LogP contribution in [0.4, 0.5) is 13.2 Å². The quantitative estimate of drug-likeness (QED) is 0.626. The summed E-state index contributed by atoms with van der Waals surface area (Å²) in [6, 6.07) is 0.448. The third-order valence-electron chi connectivity index (χ3n) is 2.23. The standard InChI is InChI=1S/C11H22F3NO/c1-3-15-10(2)6-4-8-16-9-5-7-11(12,13)14/h10,15H,3-9H2,1-2H3. The average Bonchev–Trinajstić information content (AvgIpc) is 2.15. The van der Waals surface area contributed by atoms with Crippen molar-refractivity contribution in [1.82, 2.24) is 5.32 Å². The molecule has 1 unspecified atom stereocenters. The van der Waals surface area contributed by atoms with Crippen LogP contribution in [0.2, 0.25) is 0 Å². The van der Waals surface area contributed by atoms with Gasteiger partial charge in [0.1, 0.15) is 0 Å². The second-order valence-electron chi connectivity index (χ2n) is 3.93. The molecular weight excluding hydrogens is 219 g/mol. The summed E-state index contributed by atoms with van der Waals surface area (Å²) in [5, 5.41) is 3.26. The van der Waals surface area contributed by atoms with Crippen LogP contribution in [-0.4, -0.2) is 32.0 Å². The van der Waals surface area contributed by atoms with Crippen LogP contribution >= 0.6 is 0 Å². The Kier molecular flexibility index (Phi) is 8.66. The number of nitrogens with one attached hydrogen (secondary N) is 1. The summed E-state index contributed by atoms with van der Waals surface area (Å²) in [5.74, 6) is 0. The SMILES string of the molecule is CCNC(C)CCCOCCCC(F)(F)F. The van der Waals surface area contributed by atoms with E-state index in [0.717, 1.165) is 19.4 Å². The zero-order valence-electron chi connectivity index (χ0n) is 10.1. The Labute approximate surface area is 95.5 Å². The maximum Gasteiger partial charge on any atom is 0.389 e. The van der Waals surface area contributed by atoms with Crippen molar-refractivity contribution in [2.75, 3.05) is 19.8 Å². The molecule has 0 aromatic carbocycles. The van der Waals surface area contributed by atoms with E-state index in [1.54, 1.807) is 0 Å². The monoisotopic (exact) mass is 241 g/mol. The first-order chi connectivity index (χ1) is 7.45. The average molecular weight is 241 g/mol. The van der Waals surface area contributed by atoms with Gasteiger partial charge in [-0.15, -0.1) is 0 Å². The Morgan fingerprint density at radius 3 is 2.38 bits per heavy atom. The number of alkyl halides is 3. The first-order valence-electron chi connectivity index (χ1n) is 5.83. The summed E-state index contributed by atoms with van der Waals surface area (Å²) in [7, 11) is 0. The van der Waals surface area contributed by atoms with E-state index >= 15 is 0 Å². The molecule has 0 aliphatic carbocycles. The van der Waals surface area contributed by atoms with E-state index in [0.29, 0.717) is 12.6 Å². The van der Waals surface area contributed by atoms with Gasteiger partial charge in [-0.3, -0.25) is 0 Å². The van der Waals surface area contributed by atoms with Crippen molar-refractivity contribution >= 4 is 0 Å². The lowest BCUT2D eigenvalue weighted by atomic mass is 10.2. The largest absolute Gasteiger partial charge is 0.389 e. The van der Waals surface area contributed by atoms with Crippen LogP contribution in [0.3, 0.4) is 0 Å². The zero-order valence-corrected chi connectivity index (χ0v) is 10.1. The smallest absolute Gasteiger partial charge is 0.381 e. The summed E-state index contributed by atoms with van der Waals surface area (Å²) in [6.45, 7) is 5.83. The lowest BCUT2D eigenvalue weighted by Crippen LogP contribution is -2.25. The molecule has 0 aliphatic rings. The Bertz CT molecular complexity index is 162. The van der Waals surface area contributed by atoms with Gasteiger partial charge in [0.25, 0.3) is 0 Å². The van der Waals surface area contributed by atoms with Crippen molar-refractivity contribution < 1.29 is 17.9 Å². The minimum absolute atomic E-state index is 0.0618. The molecule has 1 atom stereocenters. The molecule has 0 aromatic rings. The zero-order chi connectivity index (χ0) is 12.4.